The molecule has 3 aromatic rings. The maximum Gasteiger partial charge on any atom is 0.294 e. The second-order valence-electron chi connectivity index (χ2n) is 7.45. The van der Waals surface area contributed by atoms with Crippen molar-refractivity contribution in [1.29, 1.82) is 0 Å². The van der Waals surface area contributed by atoms with Gasteiger partial charge in [-0.15, -0.1) is 0 Å². The van der Waals surface area contributed by atoms with Crippen LogP contribution in [0, 0.1) is 10.1 Å². The zero-order valence-corrected chi connectivity index (χ0v) is 17.5. The van der Waals surface area contributed by atoms with Crippen LogP contribution in [0.3, 0.4) is 0 Å². The van der Waals surface area contributed by atoms with Gasteiger partial charge in [0.2, 0.25) is 0 Å². The minimum atomic E-state index is -0.411. The number of carbonyl (C=O) groups is 1. The molecule has 3 aromatic carbocycles. The van der Waals surface area contributed by atoms with Crippen molar-refractivity contribution in [1.82, 2.24) is 5.32 Å². The Labute approximate surface area is 186 Å². The first-order valence-corrected chi connectivity index (χ1v) is 10.4. The molecule has 1 aliphatic heterocycles. The molecule has 1 amide bonds. The number of benzene rings is 3. The van der Waals surface area contributed by atoms with Crippen LogP contribution in [0.4, 0.5) is 17.1 Å². The Kier molecular flexibility index (Phi) is 6.62. The SMILES string of the molecule is O=C(Nc1ccc(N2CCNCC2)c([N+](=O)[O-])c1)c1ccc(OCc2ccccc2)cc1. The fourth-order valence-electron chi connectivity index (χ4n) is 3.57. The van der Waals surface area contributed by atoms with Crippen molar-refractivity contribution < 1.29 is 14.5 Å². The quantitative estimate of drug-likeness (QED) is 0.435. The van der Waals surface area contributed by atoms with Crippen molar-refractivity contribution in [2.75, 3.05) is 36.4 Å². The molecule has 0 radical (unpaired) electrons. The van der Waals surface area contributed by atoms with E-state index in [-0.39, 0.29) is 11.6 Å². The average molecular weight is 432 g/mol. The highest BCUT2D eigenvalue weighted by molar-refractivity contribution is 6.04. The van der Waals surface area contributed by atoms with Gasteiger partial charge in [-0.05, 0) is 42.0 Å². The van der Waals surface area contributed by atoms with Gasteiger partial charge in [-0.2, -0.15) is 0 Å². The Morgan fingerprint density at radius 2 is 1.75 bits per heavy atom. The molecule has 0 saturated carbocycles. The van der Waals surface area contributed by atoms with Crippen molar-refractivity contribution in [3.63, 3.8) is 0 Å². The number of nitrogens with zero attached hydrogens (tertiary/aromatic N) is 2. The molecule has 4 rings (SSSR count). The van der Waals surface area contributed by atoms with Crippen LogP contribution >= 0.6 is 0 Å². The maximum atomic E-state index is 12.6. The van der Waals surface area contributed by atoms with Gasteiger partial charge in [0.15, 0.2) is 0 Å². The maximum absolute atomic E-state index is 12.6. The van der Waals surface area contributed by atoms with Gasteiger partial charge in [-0.3, -0.25) is 14.9 Å². The Morgan fingerprint density at radius 3 is 2.44 bits per heavy atom. The van der Waals surface area contributed by atoms with E-state index >= 15 is 0 Å². The van der Waals surface area contributed by atoms with Crippen LogP contribution in [0.25, 0.3) is 0 Å². The smallest absolute Gasteiger partial charge is 0.294 e. The summed E-state index contributed by atoms with van der Waals surface area (Å²) in [7, 11) is 0. The lowest BCUT2D eigenvalue weighted by molar-refractivity contribution is -0.384. The third-order valence-corrected chi connectivity index (χ3v) is 5.25. The Morgan fingerprint density at radius 1 is 1.03 bits per heavy atom. The molecular weight excluding hydrogens is 408 g/mol. The largest absolute Gasteiger partial charge is 0.489 e. The van der Waals surface area contributed by atoms with E-state index in [1.807, 2.05) is 35.2 Å². The van der Waals surface area contributed by atoms with E-state index in [1.165, 1.54) is 6.07 Å². The highest BCUT2D eigenvalue weighted by atomic mass is 16.6. The van der Waals surface area contributed by atoms with Gasteiger partial charge >= 0.3 is 0 Å². The van der Waals surface area contributed by atoms with Crippen LogP contribution < -0.4 is 20.3 Å². The summed E-state index contributed by atoms with van der Waals surface area (Å²) in [5, 5.41) is 17.6. The van der Waals surface area contributed by atoms with Crippen molar-refractivity contribution in [2.24, 2.45) is 0 Å². The van der Waals surface area contributed by atoms with Crippen LogP contribution in [0.2, 0.25) is 0 Å². The minimum absolute atomic E-state index is 0.0191. The number of hydrogen-bond donors (Lipinski definition) is 2. The molecule has 1 fully saturated rings. The normalized spacial score (nSPS) is 13.4. The molecule has 32 heavy (non-hydrogen) atoms. The van der Waals surface area contributed by atoms with Gasteiger partial charge in [0.25, 0.3) is 11.6 Å². The number of nitrogens with one attached hydrogen (secondary N) is 2. The monoisotopic (exact) mass is 432 g/mol. The molecule has 0 spiro atoms. The third-order valence-electron chi connectivity index (χ3n) is 5.25. The lowest BCUT2D eigenvalue weighted by Crippen LogP contribution is -2.43. The van der Waals surface area contributed by atoms with Crippen molar-refractivity contribution >= 4 is 23.0 Å². The van der Waals surface area contributed by atoms with Crippen LogP contribution in [0.15, 0.2) is 72.8 Å². The van der Waals surface area contributed by atoms with Gasteiger partial charge in [-0.25, -0.2) is 0 Å². The Bertz CT molecular complexity index is 1080. The lowest BCUT2D eigenvalue weighted by atomic mass is 10.1. The summed E-state index contributed by atoms with van der Waals surface area (Å²) < 4.78 is 5.74. The Balaban J connectivity index is 1.41. The van der Waals surface area contributed by atoms with Crippen molar-refractivity contribution in [2.45, 2.75) is 6.61 Å². The van der Waals surface area contributed by atoms with E-state index in [4.69, 9.17) is 4.74 Å². The summed E-state index contributed by atoms with van der Waals surface area (Å²) in [6.07, 6.45) is 0. The average Bonchev–Trinajstić information content (AvgIpc) is 2.84. The highest BCUT2D eigenvalue weighted by Crippen LogP contribution is 2.31. The highest BCUT2D eigenvalue weighted by Gasteiger charge is 2.22. The number of rotatable bonds is 7. The molecule has 0 bridgehead atoms. The number of hydrogen-bond acceptors (Lipinski definition) is 6. The van der Waals surface area contributed by atoms with E-state index in [9.17, 15) is 14.9 Å². The zero-order valence-electron chi connectivity index (χ0n) is 17.5. The molecule has 1 aliphatic rings. The molecule has 0 atom stereocenters. The summed E-state index contributed by atoms with van der Waals surface area (Å²) in [6.45, 7) is 3.40. The summed E-state index contributed by atoms with van der Waals surface area (Å²) in [4.78, 5) is 25.8. The first-order chi connectivity index (χ1) is 15.6. The molecule has 1 saturated heterocycles. The molecule has 8 heteroatoms. The van der Waals surface area contributed by atoms with Gasteiger partial charge in [0.05, 0.1) is 4.92 Å². The fraction of sp³-hybridized carbons (Fsp3) is 0.208. The summed E-state index contributed by atoms with van der Waals surface area (Å²) in [6, 6.07) is 21.4. The molecule has 0 aromatic heterocycles. The first kappa shape index (κ1) is 21.3. The molecular formula is C24H24N4O4. The molecule has 164 valence electrons. The first-order valence-electron chi connectivity index (χ1n) is 10.4. The number of nitro benzene ring substituents is 1. The number of ether oxygens (including phenoxy) is 1. The zero-order chi connectivity index (χ0) is 22.3. The van der Waals surface area contributed by atoms with Gasteiger partial charge < -0.3 is 20.3 Å². The summed E-state index contributed by atoms with van der Waals surface area (Å²) in [5.41, 5.74) is 2.42. The summed E-state index contributed by atoms with van der Waals surface area (Å²) >= 11 is 0. The van der Waals surface area contributed by atoms with E-state index in [1.54, 1.807) is 36.4 Å². The molecule has 1 heterocycles. The Hall–Kier alpha value is -3.91. The van der Waals surface area contributed by atoms with Gasteiger partial charge in [-0.1, -0.05) is 30.3 Å². The van der Waals surface area contributed by atoms with E-state index in [0.717, 1.165) is 18.7 Å². The third kappa shape index (κ3) is 5.22. The van der Waals surface area contributed by atoms with Gasteiger partial charge in [0, 0.05) is 43.5 Å². The van der Waals surface area contributed by atoms with Crippen molar-refractivity contribution in [3.05, 3.63) is 94.0 Å². The predicted molar refractivity (Wildman–Crippen MR) is 123 cm³/mol. The molecule has 0 unspecified atom stereocenters. The number of amides is 1. The van der Waals surface area contributed by atoms with E-state index < -0.39 is 4.92 Å². The number of anilines is 2. The van der Waals surface area contributed by atoms with Crippen LogP contribution in [-0.4, -0.2) is 37.0 Å². The predicted octanol–water partition coefficient (Wildman–Crippen LogP) is 3.84. The summed E-state index contributed by atoms with van der Waals surface area (Å²) in [5.74, 6) is 0.310. The van der Waals surface area contributed by atoms with Gasteiger partial charge in [0.1, 0.15) is 18.0 Å². The topological polar surface area (TPSA) is 96.7 Å². The number of nitro groups is 1. The van der Waals surface area contributed by atoms with Crippen molar-refractivity contribution in [3.8, 4) is 5.75 Å². The standard InChI is InChI=1S/C24H24N4O4/c29-24(19-6-9-21(10-7-19)32-17-18-4-2-1-3-5-18)26-20-8-11-22(23(16-20)28(30)31)27-14-12-25-13-15-27/h1-11,16,25H,12-15,17H2,(H,26,29). The molecule has 2 N–H and O–H groups in total. The van der Waals surface area contributed by atoms with Crippen LogP contribution in [0.1, 0.15) is 15.9 Å². The van der Waals surface area contributed by atoms with Crippen LogP contribution in [0.5, 0.6) is 5.75 Å². The molecule has 0 aliphatic carbocycles. The second-order valence-corrected chi connectivity index (χ2v) is 7.45. The van der Waals surface area contributed by atoms with Crippen LogP contribution in [-0.2, 0) is 6.61 Å². The van der Waals surface area contributed by atoms with E-state index in [0.29, 0.717) is 42.4 Å². The second kappa shape index (κ2) is 9.93. The number of carbonyl (C=O) groups excluding carboxylic acids is 1. The lowest BCUT2D eigenvalue weighted by Gasteiger charge is -2.29. The van der Waals surface area contributed by atoms with E-state index in [2.05, 4.69) is 10.6 Å². The molecule has 8 nitrogen and oxygen atoms in total. The number of piperazine rings is 1. The fourth-order valence-corrected chi connectivity index (χ4v) is 3.57. The minimum Gasteiger partial charge on any atom is -0.489 e.